The molecular formula is C39H58N2O2Si. The molecule has 5 heteroatoms. The second-order valence-corrected chi connectivity index (χ2v) is 15.9. The van der Waals surface area contributed by atoms with E-state index in [1.54, 1.807) is 0 Å². The van der Waals surface area contributed by atoms with Crippen LogP contribution in [0.3, 0.4) is 0 Å². The van der Waals surface area contributed by atoms with Gasteiger partial charge < -0.3 is 9.47 Å². The molecule has 2 aromatic carbocycles. The molecule has 240 valence electrons. The lowest BCUT2D eigenvalue weighted by Crippen LogP contribution is -2.28. The standard InChI is InChI=1S/C39H58N2O2Si/c1-5-7-9-10-16-20-32-21-23-33(24-22-32)35-28-40-38(41-29-35)34-25-26-36-37(27-34)43-39(42-36)44-31(4)19-15-12-11-14-18-30(3)17-13-8-6-2/h21-31,39H,5-20,44H2,1-4H3. The third-order valence-corrected chi connectivity index (χ3v) is 11.2. The first kappa shape index (κ1) is 34.2. The molecule has 44 heavy (non-hydrogen) atoms. The number of aromatic nitrogens is 2. The van der Waals surface area contributed by atoms with E-state index in [4.69, 9.17) is 19.4 Å². The summed E-state index contributed by atoms with van der Waals surface area (Å²) in [4.78, 5) is 9.40. The van der Waals surface area contributed by atoms with E-state index in [1.165, 1.54) is 102 Å². The maximum atomic E-state index is 6.29. The van der Waals surface area contributed by atoms with Crippen LogP contribution in [0.2, 0.25) is 5.54 Å². The van der Waals surface area contributed by atoms with Gasteiger partial charge in [0.05, 0.1) is 0 Å². The number of rotatable bonds is 21. The lowest BCUT2D eigenvalue weighted by molar-refractivity contribution is 0.122. The summed E-state index contributed by atoms with van der Waals surface area (Å²) in [6, 6.07) is 15.0. The van der Waals surface area contributed by atoms with Crippen molar-refractivity contribution in [3.8, 4) is 34.0 Å². The van der Waals surface area contributed by atoms with Crippen LogP contribution in [0.25, 0.3) is 22.5 Å². The quantitative estimate of drug-likeness (QED) is 0.0884. The van der Waals surface area contributed by atoms with Crippen molar-refractivity contribution in [2.24, 2.45) is 5.92 Å². The Morgan fingerprint density at radius 2 is 1.23 bits per heavy atom. The molecule has 2 heterocycles. The first-order valence-electron chi connectivity index (χ1n) is 17.9. The number of fused-ring (bicyclic) bond motifs is 1. The number of hydrogen-bond donors (Lipinski definition) is 0. The Morgan fingerprint density at radius 3 is 1.95 bits per heavy atom. The normalized spacial score (nSPS) is 15.7. The van der Waals surface area contributed by atoms with E-state index < -0.39 is 9.52 Å². The first-order chi connectivity index (χ1) is 21.6. The van der Waals surface area contributed by atoms with Gasteiger partial charge in [0.15, 0.2) is 17.3 Å². The van der Waals surface area contributed by atoms with Crippen LogP contribution in [0.1, 0.15) is 130 Å². The van der Waals surface area contributed by atoms with E-state index in [2.05, 4.69) is 52.0 Å². The van der Waals surface area contributed by atoms with E-state index in [1.807, 2.05) is 30.6 Å². The van der Waals surface area contributed by atoms with E-state index >= 15 is 0 Å². The topological polar surface area (TPSA) is 44.2 Å². The average Bonchev–Trinajstić information content (AvgIpc) is 3.44. The Balaban J connectivity index is 1.17. The van der Waals surface area contributed by atoms with Crippen molar-refractivity contribution in [1.29, 1.82) is 0 Å². The van der Waals surface area contributed by atoms with Gasteiger partial charge in [0.2, 0.25) is 5.91 Å². The highest BCUT2D eigenvalue weighted by atomic mass is 28.2. The average molecular weight is 615 g/mol. The van der Waals surface area contributed by atoms with Gasteiger partial charge in [-0.25, -0.2) is 9.97 Å². The van der Waals surface area contributed by atoms with Crippen molar-refractivity contribution >= 4 is 9.52 Å². The highest BCUT2D eigenvalue weighted by molar-refractivity contribution is 6.38. The number of benzene rings is 2. The van der Waals surface area contributed by atoms with E-state index in [-0.39, 0.29) is 5.91 Å². The molecular weight excluding hydrogens is 557 g/mol. The van der Waals surface area contributed by atoms with E-state index in [9.17, 15) is 0 Å². The zero-order valence-corrected chi connectivity index (χ0v) is 29.6. The summed E-state index contributed by atoms with van der Waals surface area (Å²) in [7, 11) is -0.514. The summed E-state index contributed by atoms with van der Waals surface area (Å²) in [5, 5.41) is 0. The summed E-state index contributed by atoms with van der Waals surface area (Å²) >= 11 is 0. The van der Waals surface area contributed by atoms with Crippen molar-refractivity contribution in [3.05, 3.63) is 60.4 Å². The molecule has 0 radical (unpaired) electrons. The first-order valence-corrected chi connectivity index (χ1v) is 19.6. The second-order valence-electron chi connectivity index (χ2n) is 13.4. The predicted octanol–water partition coefficient (Wildman–Crippen LogP) is 10.9. The Morgan fingerprint density at radius 1 is 0.636 bits per heavy atom. The monoisotopic (exact) mass is 614 g/mol. The third kappa shape index (κ3) is 11.4. The largest absolute Gasteiger partial charge is 0.456 e. The van der Waals surface area contributed by atoms with Crippen LogP contribution in [0.5, 0.6) is 11.5 Å². The summed E-state index contributed by atoms with van der Waals surface area (Å²) in [5.74, 6) is 3.23. The molecule has 3 atom stereocenters. The Kier molecular flexibility index (Phi) is 14.8. The van der Waals surface area contributed by atoms with Crippen LogP contribution >= 0.6 is 0 Å². The number of hydrogen-bond acceptors (Lipinski definition) is 4. The number of nitrogens with zero attached hydrogens (tertiary/aromatic N) is 2. The van der Waals surface area contributed by atoms with Crippen LogP contribution in [0, 0.1) is 5.92 Å². The molecule has 0 bridgehead atoms. The Bertz CT molecular complexity index is 1210. The summed E-state index contributed by atoms with van der Waals surface area (Å²) < 4.78 is 12.5. The van der Waals surface area contributed by atoms with Crippen LogP contribution in [0.4, 0.5) is 0 Å². The van der Waals surface area contributed by atoms with Gasteiger partial charge in [-0.15, -0.1) is 0 Å². The molecule has 0 fully saturated rings. The maximum Gasteiger partial charge on any atom is 0.213 e. The highest BCUT2D eigenvalue weighted by Crippen LogP contribution is 2.38. The van der Waals surface area contributed by atoms with Gasteiger partial charge in [-0.2, -0.15) is 0 Å². The van der Waals surface area contributed by atoms with E-state index in [0.29, 0.717) is 5.82 Å². The predicted molar refractivity (Wildman–Crippen MR) is 189 cm³/mol. The van der Waals surface area contributed by atoms with Gasteiger partial charge in [-0.3, -0.25) is 0 Å². The molecule has 1 aromatic heterocycles. The fourth-order valence-electron chi connectivity index (χ4n) is 6.34. The van der Waals surface area contributed by atoms with Crippen molar-refractivity contribution in [2.45, 2.75) is 142 Å². The smallest absolute Gasteiger partial charge is 0.213 e. The molecule has 0 aliphatic carbocycles. The fraction of sp³-hybridized carbons (Fsp3) is 0.590. The van der Waals surface area contributed by atoms with Gasteiger partial charge in [0.25, 0.3) is 0 Å². The molecule has 0 amide bonds. The third-order valence-electron chi connectivity index (χ3n) is 9.27. The van der Waals surface area contributed by atoms with Crippen LogP contribution in [-0.4, -0.2) is 25.4 Å². The molecule has 4 nitrogen and oxygen atoms in total. The lowest BCUT2D eigenvalue weighted by Gasteiger charge is -2.15. The maximum absolute atomic E-state index is 6.29. The summed E-state index contributed by atoms with van der Waals surface area (Å²) in [6.45, 7) is 9.38. The van der Waals surface area contributed by atoms with Gasteiger partial charge in [-0.05, 0) is 53.6 Å². The fourth-order valence-corrected chi connectivity index (χ4v) is 8.07. The minimum absolute atomic E-state index is 0.0678. The highest BCUT2D eigenvalue weighted by Gasteiger charge is 2.26. The molecule has 4 rings (SSSR count). The SMILES string of the molecule is CCCCCCCc1ccc(-c2cnc(-c3ccc4c(c3)OC([SiH2]C(C)CCCCCCC(C)CCCCC)O4)nc2)cc1. The van der Waals surface area contributed by atoms with Crippen molar-refractivity contribution in [2.75, 3.05) is 0 Å². The van der Waals surface area contributed by atoms with Crippen molar-refractivity contribution in [1.82, 2.24) is 9.97 Å². The molecule has 3 unspecified atom stereocenters. The van der Waals surface area contributed by atoms with Crippen molar-refractivity contribution in [3.63, 3.8) is 0 Å². The minimum atomic E-state index is -0.514. The number of unbranched alkanes of at least 4 members (excludes halogenated alkanes) is 9. The van der Waals surface area contributed by atoms with Crippen LogP contribution in [-0.2, 0) is 6.42 Å². The zero-order chi connectivity index (χ0) is 31.0. The minimum Gasteiger partial charge on any atom is -0.456 e. The Hall–Kier alpha value is -2.66. The summed E-state index contributed by atoms with van der Waals surface area (Å²) in [6.07, 6.45) is 25.3. The molecule has 0 saturated heterocycles. The molecule has 0 N–H and O–H groups in total. The molecule has 1 aliphatic rings. The van der Waals surface area contributed by atoms with Gasteiger partial charge in [0.1, 0.15) is 9.52 Å². The second kappa shape index (κ2) is 19.0. The van der Waals surface area contributed by atoms with E-state index in [0.717, 1.165) is 46.1 Å². The molecule has 0 saturated carbocycles. The van der Waals surface area contributed by atoms with Crippen LogP contribution in [0.15, 0.2) is 54.9 Å². The Labute approximate surface area is 270 Å². The molecule has 1 aliphatic heterocycles. The van der Waals surface area contributed by atoms with Gasteiger partial charge in [-0.1, -0.05) is 142 Å². The molecule has 0 spiro atoms. The summed E-state index contributed by atoms with van der Waals surface area (Å²) in [5.41, 5.74) is 5.30. The number of ether oxygens (including phenoxy) is 2. The van der Waals surface area contributed by atoms with Crippen LogP contribution < -0.4 is 9.47 Å². The number of aryl methyl sites for hydroxylation is 1. The van der Waals surface area contributed by atoms with Gasteiger partial charge >= 0.3 is 0 Å². The van der Waals surface area contributed by atoms with Crippen molar-refractivity contribution < 1.29 is 9.47 Å². The lowest BCUT2D eigenvalue weighted by atomic mass is 9.96. The van der Waals surface area contributed by atoms with Gasteiger partial charge in [0, 0.05) is 23.5 Å². The zero-order valence-electron chi connectivity index (χ0n) is 28.2. The molecule has 3 aromatic rings.